The van der Waals surface area contributed by atoms with Gasteiger partial charge in [-0.3, -0.25) is 0 Å². The van der Waals surface area contributed by atoms with Crippen molar-refractivity contribution in [1.82, 2.24) is 0 Å². The number of halogens is 1. The number of aliphatic hydroxyl groups excluding tert-OH is 1. The Morgan fingerprint density at radius 3 is 2.33 bits per heavy atom. The molecular weight excluding hydrogens is 216 g/mol. The first kappa shape index (κ1) is 12.1. The zero-order valence-corrected chi connectivity index (χ0v) is 10.1. The van der Waals surface area contributed by atoms with E-state index in [4.69, 9.17) is 21.1 Å². The lowest BCUT2D eigenvalue weighted by Gasteiger charge is -2.17. The predicted molar refractivity (Wildman–Crippen MR) is 59.9 cm³/mol. The van der Waals surface area contributed by atoms with Gasteiger partial charge in [-0.25, -0.2) is 0 Å². The van der Waals surface area contributed by atoms with E-state index in [2.05, 4.69) is 0 Å². The van der Waals surface area contributed by atoms with Crippen LogP contribution in [0.2, 0.25) is 5.02 Å². The smallest absolute Gasteiger partial charge is 0.141 e. The predicted octanol–water partition coefficient (Wildman–Crippen LogP) is 2.72. The largest absolute Gasteiger partial charge is 0.496 e. The topological polar surface area (TPSA) is 38.7 Å². The molecule has 0 saturated carbocycles. The number of aryl methyl sites for hydroxylation is 1. The number of rotatable bonds is 3. The second-order valence-electron chi connectivity index (χ2n) is 3.33. The molecule has 0 radical (unpaired) electrons. The van der Waals surface area contributed by atoms with Gasteiger partial charge in [-0.15, -0.1) is 0 Å². The highest BCUT2D eigenvalue weighted by molar-refractivity contribution is 6.33. The van der Waals surface area contributed by atoms with E-state index in [-0.39, 0.29) is 0 Å². The molecule has 0 fully saturated rings. The molecule has 1 atom stereocenters. The van der Waals surface area contributed by atoms with Crippen LogP contribution in [0.4, 0.5) is 0 Å². The van der Waals surface area contributed by atoms with E-state index in [9.17, 15) is 5.11 Å². The van der Waals surface area contributed by atoms with E-state index in [1.54, 1.807) is 27.2 Å². The van der Waals surface area contributed by atoms with Crippen LogP contribution in [-0.4, -0.2) is 19.3 Å². The Hall–Kier alpha value is -0.930. The number of hydrogen-bond acceptors (Lipinski definition) is 3. The van der Waals surface area contributed by atoms with E-state index in [1.807, 2.05) is 6.92 Å². The molecule has 84 valence electrons. The van der Waals surface area contributed by atoms with Crippen LogP contribution in [0.3, 0.4) is 0 Å². The highest BCUT2D eigenvalue weighted by Gasteiger charge is 2.19. The quantitative estimate of drug-likeness (QED) is 0.868. The Balaban J connectivity index is 3.46. The van der Waals surface area contributed by atoms with Crippen molar-refractivity contribution < 1.29 is 14.6 Å². The van der Waals surface area contributed by atoms with Gasteiger partial charge in [0, 0.05) is 5.56 Å². The average molecular weight is 231 g/mol. The van der Waals surface area contributed by atoms with Crippen LogP contribution >= 0.6 is 11.6 Å². The molecule has 0 heterocycles. The summed E-state index contributed by atoms with van der Waals surface area (Å²) in [6.45, 7) is 3.51. The Bertz CT molecular complexity index is 361. The minimum Gasteiger partial charge on any atom is -0.496 e. The van der Waals surface area contributed by atoms with Crippen molar-refractivity contribution in [3.63, 3.8) is 0 Å². The number of hydrogen-bond donors (Lipinski definition) is 1. The van der Waals surface area contributed by atoms with Gasteiger partial charge in [0.15, 0.2) is 0 Å². The number of aliphatic hydroxyl groups is 1. The van der Waals surface area contributed by atoms with Gasteiger partial charge in [0.2, 0.25) is 0 Å². The minimum absolute atomic E-state index is 0.407. The average Bonchev–Trinajstić information content (AvgIpc) is 2.16. The fourth-order valence-electron chi connectivity index (χ4n) is 1.55. The van der Waals surface area contributed by atoms with Gasteiger partial charge in [-0.05, 0) is 25.5 Å². The molecule has 0 bridgehead atoms. The Labute approximate surface area is 94.6 Å². The maximum atomic E-state index is 9.61. The summed E-state index contributed by atoms with van der Waals surface area (Å²) in [4.78, 5) is 0. The van der Waals surface area contributed by atoms with E-state index < -0.39 is 6.10 Å². The molecule has 1 aromatic carbocycles. The molecule has 0 saturated heterocycles. The normalized spacial score (nSPS) is 12.4. The Morgan fingerprint density at radius 1 is 1.33 bits per heavy atom. The molecule has 0 amide bonds. The van der Waals surface area contributed by atoms with Crippen molar-refractivity contribution >= 4 is 11.6 Å². The lowest BCUT2D eigenvalue weighted by Crippen LogP contribution is -2.01. The third-order valence-electron chi connectivity index (χ3n) is 2.25. The maximum absolute atomic E-state index is 9.61. The lowest BCUT2D eigenvalue weighted by atomic mass is 10.1. The summed E-state index contributed by atoms with van der Waals surface area (Å²) >= 11 is 6.13. The Morgan fingerprint density at radius 2 is 1.93 bits per heavy atom. The first-order valence-corrected chi connectivity index (χ1v) is 4.99. The molecular formula is C11H15ClO3. The van der Waals surface area contributed by atoms with Crippen molar-refractivity contribution in [2.45, 2.75) is 20.0 Å². The van der Waals surface area contributed by atoms with Crippen molar-refractivity contribution in [2.75, 3.05) is 14.2 Å². The van der Waals surface area contributed by atoms with Gasteiger partial charge >= 0.3 is 0 Å². The van der Waals surface area contributed by atoms with Crippen molar-refractivity contribution in [3.8, 4) is 11.5 Å². The summed E-state index contributed by atoms with van der Waals surface area (Å²) in [5.41, 5.74) is 1.44. The van der Waals surface area contributed by atoms with Crippen LogP contribution < -0.4 is 9.47 Å². The highest BCUT2D eigenvalue weighted by Crippen LogP contribution is 2.40. The molecule has 0 aliphatic rings. The van der Waals surface area contributed by atoms with Crippen LogP contribution in [0.1, 0.15) is 24.2 Å². The molecule has 15 heavy (non-hydrogen) atoms. The standard InChI is InChI=1S/C11H15ClO3/c1-6-5-8(14-3)9(7(2)13)10(12)11(6)15-4/h5,7,13H,1-4H3. The monoisotopic (exact) mass is 230 g/mol. The molecule has 4 heteroatoms. The van der Waals surface area contributed by atoms with E-state index >= 15 is 0 Å². The van der Waals surface area contributed by atoms with Gasteiger partial charge in [0.1, 0.15) is 11.5 Å². The zero-order valence-electron chi connectivity index (χ0n) is 9.30. The summed E-state index contributed by atoms with van der Waals surface area (Å²) in [7, 11) is 3.09. The van der Waals surface area contributed by atoms with Crippen molar-refractivity contribution in [2.24, 2.45) is 0 Å². The summed E-state index contributed by atoms with van der Waals surface area (Å²) in [6.07, 6.45) is -0.693. The molecule has 1 unspecified atom stereocenters. The molecule has 0 aliphatic carbocycles. The van der Waals surface area contributed by atoms with E-state index in [0.717, 1.165) is 5.56 Å². The van der Waals surface area contributed by atoms with Crippen LogP contribution in [0, 0.1) is 6.92 Å². The molecule has 0 spiro atoms. The first-order valence-electron chi connectivity index (χ1n) is 4.62. The molecule has 3 nitrogen and oxygen atoms in total. The third kappa shape index (κ3) is 2.19. The van der Waals surface area contributed by atoms with Gasteiger partial charge in [0.25, 0.3) is 0 Å². The van der Waals surface area contributed by atoms with Crippen LogP contribution in [0.25, 0.3) is 0 Å². The van der Waals surface area contributed by atoms with E-state index in [1.165, 1.54) is 0 Å². The molecule has 0 aromatic heterocycles. The zero-order chi connectivity index (χ0) is 11.6. The summed E-state index contributed by atoms with van der Waals surface area (Å²) < 4.78 is 10.3. The fourth-order valence-corrected chi connectivity index (χ4v) is 2.03. The van der Waals surface area contributed by atoms with Crippen molar-refractivity contribution in [1.29, 1.82) is 0 Å². The second-order valence-corrected chi connectivity index (χ2v) is 3.71. The Kier molecular flexibility index (Phi) is 3.83. The number of methoxy groups -OCH3 is 2. The minimum atomic E-state index is -0.693. The van der Waals surface area contributed by atoms with Gasteiger partial charge < -0.3 is 14.6 Å². The van der Waals surface area contributed by atoms with Crippen LogP contribution in [0.5, 0.6) is 11.5 Å². The fraction of sp³-hybridized carbons (Fsp3) is 0.455. The summed E-state index contributed by atoms with van der Waals surface area (Å²) in [6, 6.07) is 1.80. The summed E-state index contributed by atoms with van der Waals surface area (Å²) in [5, 5.41) is 10.0. The summed E-state index contributed by atoms with van der Waals surface area (Å²) in [5.74, 6) is 1.15. The SMILES string of the molecule is COc1cc(C)c(OC)c(Cl)c1C(C)O. The lowest BCUT2D eigenvalue weighted by molar-refractivity contribution is 0.194. The first-order chi connectivity index (χ1) is 7.02. The second kappa shape index (κ2) is 4.73. The number of ether oxygens (including phenoxy) is 2. The number of benzene rings is 1. The molecule has 1 N–H and O–H groups in total. The van der Waals surface area contributed by atoms with Gasteiger partial charge in [-0.2, -0.15) is 0 Å². The highest BCUT2D eigenvalue weighted by atomic mass is 35.5. The van der Waals surface area contributed by atoms with Crippen LogP contribution in [0.15, 0.2) is 6.07 Å². The molecule has 1 rings (SSSR count). The van der Waals surface area contributed by atoms with Crippen LogP contribution in [-0.2, 0) is 0 Å². The molecule has 1 aromatic rings. The van der Waals surface area contributed by atoms with Gasteiger partial charge in [0.05, 0.1) is 25.3 Å². The maximum Gasteiger partial charge on any atom is 0.141 e. The van der Waals surface area contributed by atoms with Crippen molar-refractivity contribution in [3.05, 3.63) is 22.2 Å². The van der Waals surface area contributed by atoms with Gasteiger partial charge in [-0.1, -0.05) is 11.6 Å². The third-order valence-corrected chi connectivity index (χ3v) is 2.62. The molecule has 0 aliphatic heterocycles. The van der Waals surface area contributed by atoms with E-state index in [0.29, 0.717) is 22.1 Å².